The van der Waals surface area contributed by atoms with Crippen molar-refractivity contribution >= 4 is 10.1 Å². The third-order valence-corrected chi connectivity index (χ3v) is 6.38. The van der Waals surface area contributed by atoms with Gasteiger partial charge in [0.2, 0.25) is 0 Å². The third kappa shape index (κ3) is 4.24. The second kappa shape index (κ2) is 8.75. The molecule has 7 heteroatoms. The van der Waals surface area contributed by atoms with E-state index in [1.54, 1.807) is 12.1 Å². The van der Waals surface area contributed by atoms with E-state index in [0.717, 1.165) is 22.3 Å². The molecule has 0 aromatic heterocycles. The van der Waals surface area contributed by atoms with E-state index in [2.05, 4.69) is 4.18 Å². The highest BCUT2D eigenvalue weighted by molar-refractivity contribution is 7.88. The Hall–Kier alpha value is -3.58. The molecule has 0 unspecified atom stereocenters. The summed E-state index contributed by atoms with van der Waals surface area (Å²) in [4.78, 5) is 0. The first kappa shape index (κ1) is 22.6. The summed E-state index contributed by atoms with van der Waals surface area (Å²) in [6, 6.07) is 34.8. The lowest BCUT2D eigenvalue weighted by Crippen LogP contribution is -2.31. The molecule has 168 valence electrons. The summed E-state index contributed by atoms with van der Waals surface area (Å²) in [5.74, 6) is -0.417. The number of halogens is 3. The van der Waals surface area contributed by atoms with E-state index in [-0.39, 0.29) is 0 Å². The zero-order chi connectivity index (χ0) is 23.5. The molecule has 0 heterocycles. The second-order valence-corrected chi connectivity index (χ2v) is 8.89. The zero-order valence-corrected chi connectivity index (χ0v) is 18.1. The average molecular weight is 468 g/mol. The summed E-state index contributed by atoms with van der Waals surface area (Å²) in [6.45, 7) is 0. The predicted octanol–water partition coefficient (Wildman–Crippen LogP) is 6.30. The van der Waals surface area contributed by atoms with Gasteiger partial charge in [0.1, 0.15) is 5.75 Å². The standard InChI is InChI=1S/C26H19F3O3S/c27-26(28,29)33(30,31)32-24-18-16-23(17-19-24)25(20-10-4-1-5-11-20,21-12-6-2-7-13-21)22-14-8-3-9-15-22/h1-19H. The van der Waals surface area contributed by atoms with Crippen LogP contribution < -0.4 is 4.18 Å². The molecular formula is C26H19F3O3S. The first-order chi connectivity index (χ1) is 15.7. The Bertz CT molecular complexity index is 1210. The molecular weight excluding hydrogens is 449 g/mol. The Labute approximate surface area is 190 Å². The van der Waals surface area contributed by atoms with Crippen LogP contribution in [0.2, 0.25) is 0 Å². The minimum atomic E-state index is -5.76. The molecule has 0 spiro atoms. The number of hydrogen-bond acceptors (Lipinski definition) is 3. The summed E-state index contributed by atoms with van der Waals surface area (Å²) in [6.07, 6.45) is 0. The number of rotatable bonds is 6. The molecule has 0 fully saturated rings. The van der Waals surface area contributed by atoms with Crippen LogP contribution in [-0.2, 0) is 15.5 Å². The maximum atomic E-state index is 12.7. The van der Waals surface area contributed by atoms with Crippen molar-refractivity contribution in [1.82, 2.24) is 0 Å². The van der Waals surface area contributed by atoms with Crippen LogP contribution in [0.1, 0.15) is 22.3 Å². The average Bonchev–Trinajstić information content (AvgIpc) is 2.82. The minimum absolute atomic E-state index is 0.417. The number of alkyl halides is 3. The first-order valence-electron chi connectivity index (χ1n) is 10.0. The van der Waals surface area contributed by atoms with Crippen LogP contribution in [0.5, 0.6) is 5.75 Å². The molecule has 0 bridgehead atoms. The molecule has 0 aliphatic heterocycles. The van der Waals surface area contributed by atoms with Gasteiger partial charge in [0, 0.05) is 0 Å². The van der Waals surface area contributed by atoms with Crippen molar-refractivity contribution in [1.29, 1.82) is 0 Å². The summed E-state index contributed by atoms with van der Waals surface area (Å²) in [7, 11) is -5.76. The molecule has 4 aromatic rings. The van der Waals surface area contributed by atoms with E-state index < -0.39 is 26.8 Å². The predicted molar refractivity (Wildman–Crippen MR) is 120 cm³/mol. The van der Waals surface area contributed by atoms with Crippen LogP contribution in [0, 0.1) is 0 Å². The van der Waals surface area contributed by atoms with E-state index in [1.807, 2.05) is 91.0 Å². The van der Waals surface area contributed by atoms with E-state index in [9.17, 15) is 21.6 Å². The van der Waals surface area contributed by atoms with Crippen LogP contribution in [0.15, 0.2) is 115 Å². The molecule has 0 radical (unpaired) electrons. The van der Waals surface area contributed by atoms with Crippen LogP contribution in [-0.4, -0.2) is 13.9 Å². The van der Waals surface area contributed by atoms with Crippen LogP contribution >= 0.6 is 0 Å². The van der Waals surface area contributed by atoms with Gasteiger partial charge in [-0.2, -0.15) is 21.6 Å². The van der Waals surface area contributed by atoms with Crippen molar-refractivity contribution in [3.8, 4) is 5.75 Å². The van der Waals surface area contributed by atoms with Gasteiger partial charge in [0.25, 0.3) is 0 Å². The van der Waals surface area contributed by atoms with Crippen molar-refractivity contribution in [2.45, 2.75) is 10.9 Å². The molecule has 0 N–H and O–H groups in total. The maximum Gasteiger partial charge on any atom is 0.534 e. The van der Waals surface area contributed by atoms with E-state index >= 15 is 0 Å². The molecule has 0 saturated heterocycles. The Morgan fingerprint density at radius 1 is 0.515 bits per heavy atom. The summed E-state index contributed by atoms with van der Waals surface area (Å²) in [5, 5.41) is 0. The first-order valence-corrected chi connectivity index (χ1v) is 11.4. The van der Waals surface area contributed by atoms with Crippen LogP contribution in [0.25, 0.3) is 0 Å². The highest BCUT2D eigenvalue weighted by atomic mass is 32.2. The Balaban J connectivity index is 1.93. The second-order valence-electron chi connectivity index (χ2n) is 7.36. The van der Waals surface area contributed by atoms with Gasteiger partial charge >= 0.3 is 15.6 Å². The molecule has 0 aliphatic carbocycles. The smallest absolute Gasteiger partial charge is 0.376 e. The molecule has 0 amide bonds. The van der Waals surface area contributed by atoms with Crippen molar-refractivity contribution in [2.24, 2.45) is 0 Å². The molecule has 0 atom stereocenters. The minimum Gasteiger partial charge on any atom is -0.376 e. The molecule has 33 heavy (non-hydrogen) atoms. The Morgan fingerprint density at radius 3 is 1.18 bits per heavy atom. The van der Waals surface area contributed by atoms with Gasteiger partial charge in [-0.3, -0.25) is 0 Å². The molecule has 4 aromatic carbocycles. The zero-order valence-electron chi connectivity index (χ0n) is 17.2. The maximum absolute atomic E-state index is 12.7. The van der Waals surface area contributed by atoms with E-state index in [1.165, 1.54) is 12.1 Å². The van der Waals surface area contributed by atoms with Gasteiger partial charge in [-0.15, -0.1) is 0 Å². The Kier molecular flexibility index (Phi) is 5.99. The fourth-order valence-corrected chi connectivity index (χ4v) is 4.46. The third-order valence-electron chi connectivity index (χ3n) is 5.40. The SMILES string of the molecule is O=S(=O)(Oc1ccc(C(c2ccccc2)(c2ccccc2)c2ccccc2)cc1)C(F)(F)F. The van der Waals surface area contributed by atoms with Gasteiger partial charge < -0.3 is 4.18 Å². The van der Waals surface area contributed by atoms with Crippen molar-refractivity contribution < 1.29 is 25.8 Å². The summed E-state index contributed by atoms with van der Waals surface area (Å²) >= 11 is 0. The van der Waals surface area contributed by atoms with E-state index in [0.29, 0.717) is 0 Å². The fourth-order valence-electron chi connectivity index (χ4n) is 4.00. The molecule has 4 rings (SSSR count). The Morgan fingerprint density at radius 2 is 0.848 bits per heavy atom. The number of benzene rings is 4. The molecule has 3 nitrogen and oxygen atoms in total. The highest BCUT2D eigenvalue weighted by Gasteiger charge is 2.48. The van der Waals surface area contributed by atoms with Gasteiger partial charge in [-0.1, -0.05) is 103 Å². The normalized spacial score (nSPS) is 12.3. The van der Waals surface area contributed by atoms with Crippen LogP contribution in [0.3, 0.4) is 0 Å². The van der Waals surface area contributed by atoms with Gasteiger partial charge in [0.05, 0.1) is 5.41 Å². The van der Waals surface area contributed by atoms with Crippen molar-refractivity contribution in [3.63, 3.8) is 0 Å². The molecule has 0 aliphatic rings. The lowest BCUT2D eigenvalue weighted by Gasteiger charge is -2.36. The highest BCUT2D eigenvalue weighted by Crippen LogP contribution is 2.45. The monoisotopic (exact) mass is 468 g/mol. The molecule has 0 saturated carbocycles. The van der Waals surface area contributed by atoms with E-state index in [4.69, 9.17) is 0 Å². The number of hydrogen-bond donors (Lipinski definition) is 0. The fraction of sp³-hybridized carbons (Fsp3) is 0.0769. The van der Waals surface area contributed by atoms with Crippen molar-refractivity contribution in [3.05, 3.63) is 138 Å². The lowest BCUT2D eigenvalue weighted by atomic mass is 9.65. The lowest BCUT2D eigenvalue weighted by molar-refractivity contribution is -0.0500. The van der Waals surface area contributed by atoms with Gasteiger partial charge in [-0.05, 0) is 34.4 Å². The summed E-state index contributed by atoms with van der Waals surface area (Å²) < 4.78 is 65.4. The quantitative estimate of drug-likeness (QED) is 0.190. The van der Waals surface area contributed by atoms with Gasteiger partial charge in [-0.25, -0.2) is 0 Å². The summed E-state index contributed by atoms with van der Waals surface area (Å²) in [5.41, 5.74) is -2.74. The van der Waals surface area contributed by atoms with Crippen molar-refractivity contribution in [2.75, 3.05) is 0 Å². The van der Waals surface area contributed by atoms with Crippen LogP contribution in [0.4, 0.5) is 13.2 Å². The van der Waals surface area contributed by atoms with Gasteiger partial charge in [0.15, 0.2) is 0 Å². The topological polar surface area (TPSA) is 43.4 Å². The largest absolute Gasteiger partial charge is 0.534 e.